The lowest BCUT2D eigenvalue weighted by atomic mass is 10.2. The van der Waals surface area contributed by atoms with Crippen LogP contribution in [0.4, 0.5) is 0 Å². The summed E-state index contributed by atoms with van der Waals surface area (Å²) >= 11 is 0. The highest BCUT2D eigenvalue weighted by molar-refractivity contribution is 5.95. The molecule has 1 N–H and O–H groups in total. The van der Waals surface area contributed by atoms with Crippen LogP contribution < -0.4 is 5.32 Å². The van der Waals surface area contributed by atoms with Gasteiger partial charge in [0.25, 0.3) is 5.91 Å². The maximum Gasteiger partial charge on any atom is 0.254 e. The summed E-state index contributed by atoms with van der Waals surface area (Å²) in [4.78, 5) is 19.9. The van der Waals surface area contributed by atoms with E-state index in [-0.39, 0.29) is 11.9 Å². The maximum atomic E-state index is 11.8. The van der Waals surface area contributed by atoms with Gasteiger partial charge in [-0.2, -0.15) is 0 Å². The van der Waals surface area contributed by atoms with Crippen molar-refractivity contribution >= 4 is 5.91 Å². The molecule has 1 atom stereocenters. The van der Waals surface area contributed by atoms with Gasteiger partial charge in [-0.1, -0.05) is 6.92 Å². The molecule has 1 rings (SSSR count). The molecule has 0 aromatic carbocycles. The number of nitrogens with one attached hydrogen (secondary N) is 1. The summed E-state index contributed by atoms with van der Waals surface area (Å²) in [6.07, 6.45) is 2.49. The van der Waals surface area contributed by atoms with Gasteiger partial charge in [0.15, 0.2) is 0 Å². The summed E-state index contributed by atoms with van der Waals surface area (Å²) in [6.45, 7) is 7.63. The summed E-state index contributed by atoms with van der Waals surface area (Å²) in [6, 6.07) is 0.179. The number of aryl methyl sites for hydroxylation is 2. The van der Waals surface area contributed by atoms with E-state index >= 15 is 0 Å². The van der Waals surface area contributed by atoms with Gasteiger partial charge in [-0.3, -0.25) is 4.79 Å². The van der Waals surface area contributed by atoms with Crippen LogP contribution in [-0.4, -0.2) is 21.9 Å². The largest absolute Gasteiger partial charge is 0.349 e. The first-order chi connectivity index (χ1) is 7.04. The first kappa shape index (κ1) is 11.6. The Balaban J connectivity index is 2.82. The number of hydrogen-bond donors (Lipinski definition) is 1. The molecule has 1 aromatic rings. The van der Waals surface area contributed by atoms with Crippen molar-refractivity contribution in [3.05, 3.63) is 23.3 Å². The molecule has 0 aliphatic carbocycles. The highest BCUT2D eigenvalue weighted by Gasteiger charge is 2.12. The number of hydrogen-bond acceptors (Lipinski definition) is 3. The maximum absolute atomic E-state index is 11.8. The number of rotatable bonds is 3. The lowest BCUT2D eigenvalue weighted by Gasteiger charge is -2.12. The highest BCUT2D eigenvalue weighted by atomic mass is 16.1. The Labute approximate surface area is 90.1 Å². The van der Waals surface area contributed by atoms with Crippen molar-refractivity contribution in [3.8, 4) is 0 Å². The van der Waals surface area contributed by atoms with Crippen LogP contribution in [0.1, 0.15) is 42.1 Å². The number of nitrogens with zero attached hydrogens (tertiary/aromatic N) is 2. The van der Waals surface area contributed by atoms with Crippen LogP contribution in [0, 0.1) is 13.8 Å². The third-order valence-electron chi connectivity index (χ3n) is 2.33. The number of carbonyl (C=O) groups is 1. The second kappa shape index (κ2) is 4.87. The molecular weight excluding hydrogens is 190 g/mol. The second-order valence-electron chi connectivity index (χ2n) is 3.70. The Morgan fingerprint density at radius 3 is 2.73 bits per heavy atom. The van der Waals surface area contributed by atoms with Crippen molar-refractivity contribution < 1.29 is 4.79 Å². The number of carbonyl (C=O) groups excluding carboxylic acids is 1. The Morgan fingerprint density at radius 2 is 2.20 bits per heavy atom. The Hall–Kier alpha value is -1.45. The van der Waals surface area contributed by atoms with E-state index in [0.29, 0.717) is 11.4 Å². The van der Waals surface area contributed by atoms with Gasteiger partial charge in [0.05, 0.1) is 11.3 Å². The van der Waals surface area contributed by atoms with Gasteiger partial charge in [0.1, 0.15) is 5.82 Å². The SMILES string of the molecule is CCC(C)NC(=O)c1cnc(C)nc1C. The molecule has 0 aliphatic heterocycles. The van der Waals surface area contributed by atoms with Crippen molar-refractivity contribution in [2.24, 2.45) is 0 Å². The Morgan fingerprint density at radius 1 is 1.53 bits per heavy atom. The molecule has 0 spiro atoms. The zero-order valence-electron chi connectivity index (χ0n) is 9.66. The summed E-state index contributed by atoms with van der Waals surface area (Å²) in [5, 5.41) is 2.89. The molecule has 0 saturated heterocycles. The molecule has 15 heavy (non-hydrogen) atoms. The van der Waals surface area contributed by atoms with Gasteiger partial charge < -0.3 is 5.32 Å². The van der Waals surface area contributed by atoms with Crippen molar-refractivity contribution in [2.45, 2.75) is 40.2 Å². The van der Waals surface area contributed by atoms with Gasteiger partial charge in [-0.15, -0.1) is 0 Å². The fourth-order valence-corrected chi connectivity index (χ4v) is 1.21. The summed E-state index contributed by atoms with van der Waals surface area (Å²) in [7, 11) is 0. The minimum atomic E-state index is -0.0955. The molecule has 0 bridgehead atoms. The molecule has 4 nitrogen and oxygen atoms in total. The van der Waals surface area contributed by atoms with E-state index in [1.807, 2.05) is 27.7 Å². The van der Waals surface area contributed by atoms with Crippen LogP contribution >= 0.6 is 0 Å². The van der Waals surface area contributed by atoms with Crippen LogP contribution in [0.3, 0.4) is 0 Å². The fraction of sp³-hybridized carbons (Fsp3) is 0.545. The summed E-state index contributed by atoms with van der Waals surface area (Å²) < 4.78 is 0. The van der Waals surface area contributed by atoms with E-state index < -0.39 is 0 Å². The fourth-order valence-electron chi connectivity index (χ4n) is 1.21. The zero-order valence-corrected chi connectivity index (χ0v) is 9.66. The van der Waals surface area contributed by atoms with E-state index in [2.05, 4.69) is 15.3 Å². The molecule has 0 aliphatic rings. The van der Waals surface area contributed by atoms with Crippen molar-refractivity contribution in [1.82, 2.24) is 15.3 Å². The molecule has 82 valence electrons. The van der Waals surface area contributed by atoms with Crippen LogP contribution in [0.5, 0.6) is 0 Å². The lowest BCUT2D eigenvalue weighted by molar-refractivity contribution is 0.0938. The molecule has 4 heteroatoms. The van der Waals surface area contributed by atoms with Gasteiger partial charge in [-0.05, 0) is 27.2 Å². The molecule has 1 heterocycles. The molecule has 1 unspecified atom stereocenters. The number of aromatic nitrogens is 2. The zero-order chi connectivity index (χ0) is 11.4. The van der Waals surface area contributed by atoms with Crippen molar-refractivity contribution in [1.29, 1.82) is 0 Å². The second-order valence-corrected chi connectivity index (χ2v) is 3.70. The molecule has 0 saturated carbocycles. The predicted molar refractivity (Wildman–Crippen MR) is 58.7 cm³/mol. The minimum Gasteiger partial charge on any atom is -0.349 e. The van der Waals surface area contributed by atoms with Gasteiger partial charge in [0.2, 0.25) is 0 Å². The monoisotopic (exact) mass is 207 g/mol. The Kier molecular flexibility index (Phi) is 3.77. The smallest absolute Gasteiger partial charge is 0.254 e. The van der Waals surface area contributed by atoms with E-state index in [0.717, 1.165) is 12.1 Å². The first-order valence-corrected chi connectivity index (χ1v) is 5.15. The normalized spacial score (nSPS) is 12.3. The number of amides is 1. The molecule has 0 radical (unpaired) electrons. The van der Waals surface area contributed by atoms with E-state index in [9.17, 15) is 4.79 Å². The molecular formula is C11H17N3O. The van der Waals surface area contributed by atoms with Gasteiger partial charge >= 0.3 is 0 Å². The van der Waals surface area contributed by atoms with E-state index in [1.54, 1.807) is 6.20 Å². The predicted octanol–water partition coefficient (Wildman–Crippen LogP) is 1.62. The standard InChI is InChI=1S/C11H17N3O/c1-5-7(2)13-11(15)10-6-12-9(4)14-8(10)3/h6-7H,5H2,1-4H3,(H,13,15). The highest BCUT2D eigenvalue weighted by Crippen LogP contribution is 2.04. The minimum absolute atomic E-state index is 0.0955. The molecule has 1 amide bonds. The average molecular weight is 207 g/mol. The molecule has 1 aromatic heterocycles. The summed E-state index contributed by atoms with van der Waals surface area (Å²) in [5.74, 6) is 0.592. The lowest BCUT2D eigenvalue weighted by Crippen LogP contribution is -2.32. The Bertz CT molecular complexity index is 363. The van der Waals surface area contributed by atoms with Crippen molar-refractivity contribution in [2.75, 3.05) is 0 Å². The van der Waals surface area contributed by atoms with E-state index in [1.165, 1.54) is 0 Å². The van der Waals surface area contributed by atoms with Gasteiger partial charge in [0, 0.05) is 12.2 Å². The quantitative estimate of drug-likeness (QED) is 0.819. The average Bonchev–Trinajstić information content (AvgIpc) is 2.17. The third-order valence-corrected chi connectivity index (χ3v) is 2.33. The van der Waals surface area contributed by atoms with Crippen LogP contribution in [0.15, 0.2) is 6.20 Å². The topological polar surface area (TPSA) is 54.9 Å². The first-order valence-electron chi connectivity index (χ1n) is 5.15. The summed E-state index contributed by atoms with van der Waals surface area (Å²) in [5.41, 5.74) is 1.28. The van der Waals surface area contributed by atoms with Crippen LogP contribution in [0.25, 0.3) is 0 Å². The van der Waals surface area contributed by atoms with Crippen molar-refractivity contribution in [3.63, 3.8) is 0 Å². The van der Waals surface area contributed by atoms with Crippen LogP contribution in [-0.2, 0) is 0 Å². The van der Waals surface area contributed by atoms with E-state index in [4.69, 9.17) is 0 Å². The third kappa shape index (κ3) is 3.01. The van der Waals surface area contributed by atoms with Gasteiger partial charge in [-0.25, -0.2) is 9.97 Å². The van der Waals surface area contributed by atoms with Crippen LogP contribution in [0.2, 0.25) is 0 Å². The molecule has 0 fully saturated rings.